The van der Waals surface area contributed by atoms with Gasteiger partial charge >= 0.3 is 20.4 Å². The van der Waals surface area contributed by atoms with Crippen molar-refractivity contribution < 1.29 is 45.2 Å². The van der Waals surface area contributed by atoms with E-state index in [4.69, 9.17) is 0 Å². The quantitative estimate of drug-likeness (QED) is 0.329. The Morgan fingerprint density at radius 3 is 1.03 bits per heavy atom. The van der Waals surface area contributed by atoms with Crippen LogP contribution < -0.4 is 24.8 Å². The van der Waals surface area contributed by atoms with Gasteiger partial charge in [-0.05, 0) is 44.9 Å². The molecule has 0 unspecified atom stereocenters. The Balaban J connectivity index is -0.000000617. The van der Waals surface area contributed by atoms with Crippen LogP contribution in [0.2, 0.25) is 0 Å². The Hall–Kier alpha value is -0.118. The van der Waals surface area contributed by atoms with Crippen molar-refractivity contribution in [3.8, 4) is 0 Å². The van der Waals surface area contributed by atoms with Crippen LogP contribution in [-0.2, 0) is 33.3 Å². The molecule has 0 N–H and O–H groups in total. The number of halogens is 2. The molecule has 2 nitrogen and oxygen atoms in total. The van der Waals surface area contributed by atoms with Crippen LogP contribution in [0.4, 0.5) is 0 Å². The first-order valence-electron chi connectivity index (χ1n) is 13.1. The zero-order valence-corrected chi connectivity index (χ0v) is 31.1. The Morgan fingerprint density at radius 1 is 0.538 bits per heavy atom. The molecule has 0 aromatic carbocycles. The third-order valence-corrected chi connectivity index (χ3v) is 12.3. The molecular formula is C32H52Cl2N2P2Pd. The summed E-state index contributed by atoms with van der Waals surface area (Å²) in [5.41, 5.74) is 2.29. The van der Waals surface area contributed by atoms with Gasteiger partial charge in [0.15, 0.2) is 0 Å². The number of pyridine rings is 2. The van der Waals surface area contributed by atoms with E-state index in [1.807, 2.05) is 36.7 Å². The Labute approximate surface area is 270 Å². The summed E-state index contributed by atoms with van der Waals surface area (Å²) >= 11 is 0. The second-order valence-electron chi connectivity index (χ2n) is 13.2. The summed E-state index contributed by atoms with van der Waals surface area (Å²) in [5.74, 6) is 4.87. The fourth-order valence-corrected chi connectivity index (χ4v) is 10.9. The number of rotatable bonds is 6. The van der Waals surface area contributed by atoms with Crippen LogP contribution in [0.15, 0.2) is 72.6 Å². The zero-order valence-electron chi connectivity index (χ0n) is 26.2. The summed E-state index contributed by atoms with van der Waals surface area (Å²) in [5, 5.41) is 1.42. The van der Waals surface area contributed by atoms with Gasteiger partial charge in [-0.2, -0.15) is 0 Å². The van der Waals surface area contributed by atoms with Gasteiger partial charge in [0.25, 0.3) is 0 Å². The molecule has 0 spiro atoms. The number of aromatic nitrogens is 2. The van der Waals surface area contributed by atoms with Crippen molar-refractivity contribution >= 4 is 15.8 Å². The molecule has 2 aromatic rings. The summed E-state index contributed by atoms with van der Waals surface area (Å²) in [6.07, 6.45) is 10.2. The van der Waals surface area contributed by atoms with E-state index >= 15 is 0 Å². The molecular weight excluding hydrogens is 652 g/mol. The summed E-state index contributed by atoms with van der Waals surface area (Å²) in [4.78, 5) is 8.71. The molecule has 0 atom stereocenters. The predicted molar refractivity (Wildman–Crippen MR) is 167 cm³/mol. The van der Waals surface area contributed by atoms with E-state index in [1.165, 1.54) is 0 Å². The van der Waals surface area contributed by atoms with Crippen LogP contribution in [0.1, 0.15) is 94.5 Å². The average molecular weight is 704 g/mol. The van der Waals surface area contributed by atoms with Crippen molar-refractivity contribution in [2.75, 3.05) is 0 Å². The first-order valence-corrected chi connectivity index (χ1v) is 16.0. The van der Waals surface area contributed by atoms with Gasteiger partial charge in [0.05, 0.1) is 0 Å². The minimum atomic E-state index is -0.147. The second kappa shape index (κ2) is 19.1. The van der Waals surface area contributed by atoms with Crippen LogP contribution in [0, 0.1) is 0 Å². The molecule has 0 radical (unpaired) electrons. The van der Waals surface area contributed by atoms with E-state index in [1.54, 1.807) is 0 Å². The standard InChI is InChI=1S/2C16H26NP.2ClH.Pd/c2*1-15(2,3)18(16(4,5)6)13-9-11-14-10-7-8-12-17-14;;;/h2*7-10,12-13H,11H2,1-6H3;2*1H;/q;;;;+2/p-2. The smallest absolute Gasteiger partial charge is 1.00 e. The normalized spacial score (nSPS) is 12.5. The summed E-state index contributed by atoms with van der Waals surface area (Å²) < 4.78 is 0. The Kier molecular flexibility index (Phi) is 21.3. The first-order chi connectivity index (χ1) is 16.4. The monoisotopic (exact) mass is 702 g/mol. The second-order valence-corrected chi connectivity index (χ2v) is 20.7. The molecule has 0 amide bonds. The summed E-state index contributed by atoms with van der Waals surface area (Å²) in [6.45, 7) is 28.1. The van der Waals surface area contributed by atoms with Crippen molar-refractivity contribution in [1.29, 1.82) is 0 Å². The minimum absolute atomic E-state index is 0. The molecule has 224 valence electrons. The van der Waals surface area contributed by atoms with E-state index in [2.05, 4.69) is 129 Å². The minimum Gasteiger partial charge on any atom is -1.00 e. The molecule has 39 heavy (non-hydrogen) atoms. The van der Waals surface area contributed by atoms with Crippen LogP contribution in [0.3, 0.4) is 0 Å². The summed E-state index contributed by atoms with van der Waals surface area (Å²) in [6, 6.07) is 12.2. The maximum Gasteiger partial charge on any atom is 2.00 e. The molecule has 2 heterocycles. The molecule has 0 saturated heterocycles. The van der Waals surface area contributed by atoms with Gasteiger partial charge in [0, 0.05) is 36.6 Å². The Morgan fingerprint density at radius 2 is 0.821 bits per heavy atom. The largest absolute Gasteiger partial charge is 2.00 e. The molecule has 0 aliphatic heterocycles. The topological polar surface area (TPSA) is 25.8 Å². The third-order valence-electron chi connectivity index (χ3n) is 5.51. The van der Waals surface area contributed by atoms with Crippen molar-refractivity contribution in [2.24, 2.45) is 0 Å². The first kappa shape index (κ1) is 43.3. The number of hydrogen-bond acceptors (Lipinski definition) is 2. The Bertz CT molecular complexity index is 833. The third kappa shape index (κ3) is 18.1. The maximum atomic E-state index is 4.36. The van der Waals surface area contributed by atoms with Crippen molar-refractivity contribution in [1.82, 2.24) is 9.97 Å². The van der Waals surface area contributed by atoms with Crippen molar-refractivity contribution in [3.63, 3.8) is 0 Å². The molecule has 0 fully saturated rings. The molecule has 7 heteroatoms. The molecule has 0 aliphatic rings. The van der Waals surface area contributed by atoms with E-state index in [0.717, 1.165) is 24.2 Å². The summed E-state index contributed by atoms with van der Waals surface area (Å²) in [7, 11) is -0.295. The number of hydrogen-bond donors (Lipinski definition) is 0. The van der Waals surface area contributed by atoms with Crippen molar-refractivity contribution in [3.05, 3.63) is 84.0 Å². The fourth-order valence-electron chi connectivity index (χ4n) is 4.50. The van der Waals surface area contributed by atoms with E-state index in [9.17, 15) is 0 Å². The van der Waals surface area contributed by atoms with Gasteiger partial charge in [-0.15, -0.1) is 0 Å². The van der Waals surface area contributed by atoms with E-state index < -0.39 is 0 Å². The van der Waals surface area contributed by atoms with E-state index in [0.29, 0.717) is 20.6 Å². The molecule has 0 bridgehead atoms. The van der Waals surface area contributed by atoms with Gasteiger partial charge in [0.2, 0.25) is 0 Å². The molecule has 0 aliphatic carbocycles. The number of allylic oxidation sites excluding steroid dienone is 2. The van der Waals surface area contributed by atoms with Crippen LogP contribution >= 0.6 is 15.8 Å². The predicted octanol–water partition coefficient (Wildman–Crippen LogP) is 4.44. The van der Waals surface area contributed by atoms with Gasteiger partial charge in [-0.1, -0.05) is 135 Å². The van der Waals surface area contributed by atoms with Crippen LogP contribution in [-0.4, -0.2) is 30.6 Å². The van der Waals surface area contributed by atoms with Gasteiger partial charge < -0.3 is 24.8 Å². The SMILES string of the molecule is CC(C)(C)P(C=CCc1ccccn1)C(C)(C)C.CC(C)(C)P(C=CCc1ccccn1)C(C)(C)C.[Cl-].[Cl-].[Pd+2]. The van der Waals surface area contributed by atoms with Crippen molar-refractivity contribution in [2.45, 2.75) is 117 Å². The average Bonchev–Trinajstić information content (AvgIpc) is 2.73. The van der Waals surface area contributed by atoms with Crippen LogP contribution in [0.5, 0.6) is 0 Å². The fraction of sp³-hybridized carbons (Fsp3) is 0.562. The zero-order chi connectivity index (χ0) is 27.6. The van der Waals surface area contributed by atoms with Gasteiger partial charge in [0.1, 0.15) is 0 Å². The van der Waals surface area contributed by atoms with Gasteiger partial charge in [-0.25, -0.2) is 0 Å². The van der Waals surface area contributed by atoms with E-state index in [-0.39, 0.29) is 61.1 Å². The molecule has 0 saturated carbocycles. The molecule has 2 aromatic heterocycles. The number of nitrogens with zero attached hydrogens (tertiary/aromatic N) is 2. The van der Waals surface area contributed by atoms with Crippen LogP contribution in [0.25, 0.3) is 0 Å². The van der Waals surface area contributed by atoms with Gasteiger partial charge in [-0.3, -0.25) is 9.97 Å². The maximum absolute atomic E-state index is 4.36. The molecule has 2 rings (SSSR count).